The molecular weight excluding hydrogens is 196 g/mol. The Morgan fingerprint density at radius 1 is 1.19 bits per heavy atom. The van der Waals surface area contributed by atoms with E-state index in [4.69, 9.17) is 0 Å². The Balaban J connectivity index is 2.65. The molecule has 1 N–H and O–H groups in total. The van der Waals surface area contributed by atoms with Gasteiger partial charge in [0.15, 0.2) is 0 Å². The number of hydrazine groups is 1. The molecule has 0 aliphatic rings. The maximum Gasteiger partial charge on any atom is 0.0195 e. The summed E-state index contributed by atoms with van der Waals surface area (Å²) in [6.07, 6.45) is 1.12. The third kappa shape index (κ3) is 3.95. The van der Waals surface area contributed by atoms with E-state index in [1.54, 1.807) is 0 Å². The molecule has 1 aromatic rings. The molecule has 1 unspecified atom stereocenters. The number of nitrogens with one attached hydrogen (secondary N) is 1. The van der Waals surface area contributed by atoms with E-state index < -0.39 is 0 Å². The van der Waals surface area contributed by atoms with Crippen LogP contribution in [-0.4, -0.2) is 25.1 Å². The number of nitrogens with zero attached hydrogens (tertiary/aromatic N) is 1. The van der Waals surface area contributed by atoms with Crippen molar-refractivity contribution in [1.82, 2.24) is 10.4 Å². The highest BCUT2D eigenvalue weighted by Crippen LogP contribution is 2.27. The van der Waals surface area contributed by atoms with E-state index in [-0.39, 0.29) is 5.41 Å². The molecule has 0 amide bonds. The van der Waals surface area contributed by atoms with E-state index in [9.17, 15) is 0 Å². The summed E-state index contributed by atoms with van der Waals surface area (Å²) in [6, 6.07) is 11.2. The fourth-order valence-corrected chi connectivity index (χ4v) is 2.26. The Labute approximate surface area is 99.6 Å². The fraction of sp³-hybridized carbons (Fsp3) is 0.571. The van der Waals surface area contributed by atoms with Crippen LogP contribution in [0.3, 0.4) is 0 Å². The topological polar surface area (TPSA) is 15.3 Å². The van der Waals surface area contributed by atoms with Crippen molar-refractivity contribution < 1.29 is 0 Å². The quantitative estimate of drug-likeness (QED) is 0.768. The van der Waals surface area contributed by atoms with Crippen molar-refractivity contribution in [2.24, 2.45) is 0 Å². The summed E-state index contributed by atoms with van der Waals surface area (Å²) < 4.78 is 0. The van der Waals surface area contributed by atoms with Gasteiger partial charge in [-0.25, -0.2) is 0 Å². The summed E-state index contributed by atoms with van der Waals surface area (Å²) in [4.78, 5) is 0. The Hall–Kier alpha value is -0.860. The second-order valence-electron chi connectivity index (χ2n) is 5.38. The van der Waals surface area contributed by atoms with Crippen molar-refractivity contribution in [3.63, 3.8) is 0 Å². The standard InChI is InChI=1S/C14H24N2/c1-12(15-16(4)5)11-14(2,3)13-9-7-6-8-10-13/h6-10,12,15H,11H2,1-5H3. The molecule has 0 aromatic heterocycles. The minimum absolute atomic E-state index is 0.212. The highest BCUT2D eigenvalue weighted by atomic mass is 15.5. The molecule has 1 rings (SSSR count). The second-order valence-corrected chi connectivity index (χ2v) is 5.38. The maximum absolute atomic E-state index is 3.40. The number of rotatable bonds is 5. The molecule has 90 valence electrons. The summed E-state index contributed by atoms with van der Waals surface area (Å²) in [5, 5.41) is 2.02. The Kier molecular flexibility index (Phi) is 4.51. The van der Waals surface area contributed by atoms with E-state index >= 15 is 0 Å². The lowest BCUT2D eigenvalue weighted by molar-refractivity contribution is 0.224. The van der Waals surface area contributed by atoms with E-state index in [0.717, 1.165) is 6.42 Å². The van der Waals surface area contributed by atoms with Gasteiger partial charge in [0.2, 0.25) is 0 Å². The lowest BCUT2D eigenvalue weighted by Gasteiger charge is -2.30. The lowest BCUT2D eigenvalue weighted by atomic mass is 9.79. The molecule has 0 bridgehead atoms. The summed E-state index contributed by atoms with van der Waals surface area (Å²) in [5.74, 6) is 0. The predicted molar refractivity (Wildman–Crippen MR) is 70.4 cm³/mol. The first-order valence-corrected chi connectivity index (χ1v) is 5.91. The summed E-state index contributed by atoms with van der Waals surface area (Å²) >= 11 is 0. The van der Waals surface area contributed by atoms with Crippen LogP contribution in [0.4, 0.5) is 0 Å². The van der Waals surface area contributed by atoms with Crippen LogP contribution in [0.15, 0.2) is 30.3 Å². The van der Waals surface area contributed by atoms with Gasteiger partial charge in [-0.05, 0) is 24.3 Å². The minimum Gasteiger partial charge on any atom is -0.253 e. The highest BCUT2D eigenvalue weighted by Gasteiger charge is 2.23. The van der Waals surface area contributed by atoms with Gasteiger partial charge in [0.25, 0.3) is 0 Å². The average molecular weight is 220 g/mol. The Morgan fingerprint density at radius 3 is 2.25 bits per heavy atom. The van der Waals surface area contributed by atoms with E-state index in [1.165, 1.54) is 5.56 Å². The van der Waals surface area contributed by atoms with Gasteiger partial charge >= 0.3 is 0 Å². The first-order valence-electron chi connectivity index (χ1n) is 5.91. The van der Waals surface area contributed by atoms with Gasteiger partial charge in [-0.3, -0.25) is 10.4 Å². The summed E-state index contributed by atoms with van der Waals surface area (Å²) in [7, 11) is 4.07. The van der Waals surface area contributed by atoms with Gasteiger partial charge in [0, 0.05) is 20.1 Å². The van der Waals surface area contributed by atoms with Crippen molar-refractivity contribution in [2.45, 2.75) is 38.6 Å². The van der Waals surface area contributed by atoms with Gasteiger partial charge in [0.05, 0.1) is 0 Å². The zero-order chi connectivity index (χ0) is 12.2. The lowest BCUT2D eigenvalue weighted by Crippen LogP contribution is -2.41. The van der Waals surface area contributed by atoms with Crippen molar-refractivity contribution in [3.8, 4) is 0 Å². The van der Waals surface area contributed by atoms with Crippen LogP contribution in [0, 0.1) is 0 Å². The monoisotopic (exact) mass is 220 g/mol. The summed E-state index contributed by atoms with van der Waals surface area (Å²) in [6.45, 7) is 6.83. The molecular formula is C14H24N2. The third-order valence-electron chi connectivity index (χ3n) is 2.85. The van der Waals surface area contributed by atoms with Crippen LogP contribution >= 0.6 is 0 Å². The van der Waals surface area contributed by atoms with E-state index in [2.05, 4.69) is 56.5 Å². The molecule has 0 spiro atoms. The largest absolute Gasteiger partial charge is 0.253 e. The Morgan fingerprint density at radius 2 is 1.75 bits per heavy atom. The molecule has 0 aliphatic heterocycles. The van der Waals surface area contributed by atoms with Gasteiger partial charge in [-0.1, -0.05) is 44.2 Å². The van der Waals surface area contributed by atoms with Crippen LogP contribution in [0.2, 0.25) is 0 Å². The average Bonchev–Trinajstić information content (AvgIpc) is 2.16. The smallest absolute Gasteiger partial charge is 0.0195 e. The molecule has 0 saturated carbocycles. The molecule has 1 atom stereocenters. The van der Waals surface area contributed by atoms with Crippen molar-refractivity contribution in [1.29, 1.82) is 0 Å². The van der Waals surface area contributed by atoms with Crippen LogP contribution in [0.25, 0.3) is 0 Å². The van der Waals surface area contributed by atoms with Gasteiger partial charge in [-0.2, -0.15) is 0 Å². The molecule has 1 aromatic carbocycles. The zero-order valence-electron chi connectivity index (χ0n) is 11.1. The van der Waals surface area contributed by atoms with Crippen LogP contribution in [-0.2, 0) is 5.41 Å². The SMILES string of the molecule is CC(CC(C)(C)c1ccccc1)NN(C)C. The highest BCUT2D eigenvalue weighted by molar-refractivity contribution is 5.23. The normalized spacial score (nSPS) is 14.1. The molecule has 16 heavy (non-hydrogen) atoms. The molecule has 0 heterocycles. The first-order chi connectivity index (χ1) is 7.42. The molecule has 0 radical (unpaired) electrons. The number of benzene rings is 1. The molecule has 0 fully saturated rings. The Bertz CT molecular complexity index is 304. The van der Waals surface area contributed by atoms with Crippen molar-refractivity contribution in [3.05, 3.63) is 35.9 Å². The molecule has 2 nitrogen and oxygen atoms in total. The van der Waals surface area contributed by atoms with Crippen LogP contribution in [0.1, 0.15) is 32.8 Å². The van der Waals surface area contributed by atoms with E-state index in [1.807, 2.05) is 19.1 Å². The van der Waals surface area contributed by atoms with E-state index in [0.29, 0.717) is 6.04 Å². The zero-order valence-corrected chi connectivity index (χ0v) is 11.1. The molecule has 0 saturated heterocycles. The first kappa shape index (κ1) is 13.2. The third-order valence-corrected chi connectivity index (χ3v) is 2.85. The predicted octanol–water partition coefficient (Wildman–Crippen LogP) is 2.81. The maximum atomic E-state index is 3.40. The molecule has 0 aliphatic carbocycles. The minimum atomic E-state index is 0.212. The summed E-state index contributed by atoms with van der Waals surface area (Å²) in [5.41, 5.74) is 5.02. The molecule has 2 heteroatoms. The van der Waals surface area contributed by atoms with Crippen molar-refractivity contribution in [2.75, 3.05) is 14.1 Å². The number of hydrogen-bond acceptors (Lipinski definition) is 2. The van der Waals surface area contributed by atoms with Gasteiger partial charge < -0.3 is 0 Å². The van der Waals surface area contributed by atoms with Gasteiger partial charge in [0.1, 0.15) is 0 Å². The fourth-order valence-electron chi connectivity index (χ4n) is 2.26. The van der Waals surface area contributed by atoms with Crippen LogP contribution in [0.5, 0.6) is 0 Å². The van der Waals surface area contributed by atoms with Gasteiger partial charge in [-0.15, -0.1) is 0 Å². The van der Waals surface area contributed by atoms with Crippen LogP contribution < -0.4 is 5.43 Å². The van der Waals surface area contributed by atoms with Crippen molar-refractivity contribution >= 4 is 0 Å². The second kappa shape index (κ2) is 5.46. The number of hydrogen-bond donors (Lipinski definition) is 1.